The number of nitrogens with one attached hydrogen (secondary N) is 1. The molecule has 72 valence electrons. The van der Waals surface area contributed by atoms with Crippen LogP contribution in [0.1, 0.15) is 0 Å². The summed E-state index contributed by atoms with van der Waals surface area (Å²) in [6, 6.07) is 0. The van der Waals surface area contributed by atoms with Crippen LogP contribution in [0.5, 0.6) is 0 Å². The van der Waals surface area contributed by atoms with E-state index in [0.29, 0.717) is 0 Å². The molecule has 0 aromatic carbocycles. The number of Topliss-reactive ketones (excluding diaryl/α,β-unsaturated/α-hetero) is 1. The quantitative estimate of drug-likeness (QED) is 0.457. The maximum absolute atomic E-state index is 11.2. The molecule has 0 spiro atoms. The zero-order valence-corrected chi connectivity index (χ0v) is 6.69. The van der Waals surface area contributed by atoms with Crippen molar-refractivity contribution in [3.8, 4) is 0 Å². The first kappa shape index (κ1) is 9.66. The molecule has 6 heteroatoms. The summed E-state index contributed by atoms with van der Waals surface area (Å²) in [6.45, 7) is 0.0237. The molecule has 0 radical (unpaired) electrons. The Kier molecular flexibility index (Phi) is 2.62. The second-order valence-corrected chi connectivity index (χ2v) is 2.84. The molecule has 0 aliphatic carbocycles. The fourth-order valence-electron chi connectivity index (χ4n) is 1.23. The molecule has 0 bridgehead atoms. The van der Waals surface area contributed by atoms with Crippen LogP contribution in [0, 0.1) is 11.8 Å². The van der Waals surface area contributed by atoms with Crippen molar-refractivity contribution < 1.29 is 24.6 Å². The van der Waals surface area contributed by atoms with Crippen LogP contribution >= 0.6 is 0 Å². The standard InChI is InChI=1S/C7H9NO5/c9-5-3(6(10)11)1-8-2-4(5)7(12)13/h3-4,8H,1-2H2,(H,10,11)(H,12,13). The summed E-state index contributed by atoms with van der Waals surface area (Å²) in [5, 5.41) is 19.7. The highest BCUT2D eigenvalue weighted by molar-refractivity contribution is 6.08. The summed E-state index contributed by atoms with van der Waals surface area (Å²) in [7, 11) is 0. The molecule has 3 N–H and O–H groups in total. The van der Waals surface area contributed by atoms with Gasteiger partial charge in [0.05, 0.1) is 0 Å². The van der Waals surface area contributed by atoms with Gasteiger partial charge in [0.2, 0.25) is 0 Å². The van der Waals surface area contributed by atoms with Crippen molar-refractivity contribution in [2.45, 2.75) is 0 Å². The Bertz CT molecular complexity index is 238. The van der Waals surface area contributed by atoms with Gasteiger partial charge in [-0.05, 0) is 0 Å². The van der Waals surface area contributed by atoms with Crippen LogP contribution in [0.25, 0.3) is 0 Å². The molecular weight excluding hydrogens is 178 g/mol. The third-order valence-corrected chi connectivity index (χ3v) is 1.98. The molecule has 1 rings (SSSR count). The lowest BCUT2D eigenvalue weighted by molar-refractivity contribution is -0.153. The predicted octanol–water partition coefficient (Wildman–Crippen LogP) is -1.44. The minimum absolute atomic E-state index is 0.0119. The first-order valence-corrected chi connectivity index (χ1v) is 3.74. The second kappa shape index (κ2) is 3.53. The lowest BCUT2D eigenvalue weighted by atomic mass is 9.89. The van der Waals surface area contributed by atoms with Crippen molar-refractivity contribution in [3.05, 3.63) is 0 Å². The van der Waals surface area contributed by atoms with Crippen molar-refractivity contribution in [1.82, 2.24) is 5.32 Å². The SMILES string of the molecule is O=C(O)C1CNCC(C(=O)O)C1=O. The van der Waals surface area contributed by atoms with Gasteiger partial charge in [0.15, 0.2) is 5.78 Å². The first-order chi connectivity index (χ1) is 6.04. The molecule has 1 saturated heterocycles. The number of ketones is 1. The molecule has 0 saturated carbocycles. The van der Waals surface area contributed by atoms with E-state index >= 15 is 0 Å². The molecule has 0 aromatic rings. The van der Waals surface area contributed by atoms with Crippen molar-refractivity contribution in [3.63, 3.8) is 0 Å². The third kappa shape index (κ3) is 1.83. The monoisotopic (exact) mass is 187 g/mol. The van der Waals surface area contributed by atoms with Crippen LogP contribution in [0.15, 0.2) is 0 Å². The van der Waals surface area contributed by atoms with Gasteiger partial charge in [0, 0.05) is 13.1 Å². The fourth-order valence-corrected chi connectivity index (χ4v) is 1.23. The van der Waals surface area contributed by atoms with Crippen molar-refractivity contribution in [1.29, 1.82) is 0 Å². The second-order valence-electron chi connectivity index (χ2n) is 2.84. The van der Waals surface area contributed by atoms with Crippen LogP contribution in [0.2, 0.25) is 0 Å². The number of aliphatic carboxylic acids is 2. The number of carbonyl (C=O) groups is 3. The van der Waals surface area contributed by atoms with Crippen molar-refractivity contribution >= 4 is 17.7 Å². The van der Waals surface area contributed by atoms with E-state index in [0.717, 1.165) is 0 Å². The molecule has 1 aliphatic heterocycles. The van der Waals surface area contributed by atoms with Gasteiger partial charge in [0.25, 0.3) is 0 Å². The minimum Gasteiger partial charge on any atom is -0.481 e. The Morgan fingerprint density at radius 3 is 1.85 bits per heavy atom. The normalized spacial score (nSPS) is 28.5. The van der Waals surface area contributed by atoms with E-state index in [2.05, 4.69) is 5.32 Å². The lowest BCUT2D eigenvalue weighted by Gasteiger charge is -2.23. The lowest BCUT2D eigenvalue weighted by Crippen LogP contribution is -2.49. The highest BCUT2D eigenvalue weighted by atomic mass is 16.4. The molecular formula is C7H9NO5. The number of piperidine rings is 1. The van der Waals surface area contributed by atoms with Crippen LogP contribution in [-0.2, 0) is 14.4 Å². The summed E-state index contributed by atoms with van der Waals surface area (Å²) < 4.78 is 0. The van der Waals surface area contributed by atoms with Crippen LogP contribution in [-0.4, -0.2) is 41.0 Å². The Morgan fingerprint density at radius 1 is 1.15 bits per heavy atom. The van der Waals surface area contributed by atoms with Crippen LogP contribution < -0.4 is 5.32 Å². The average Bonchev–Trinajstić information content (AvgIpc) is 2.03. The number of carbonyl (C=O) groups excluding carboxylic acids is 1. The molecule has 0 amide bonds. The molecule has 0 aromatic heterocycles. The maximum atomic E-state index is 11.2. The topological polar surface area (TPSA) is 104 Å². The summed E-state index contributed by atoms with van der Waals surface area (Å²) in [4.78, 5) is 32.2. The van der Waals surface area contributed by atoms with Gasteiger partial charge in [-0.15, -0.1) is 0 Å². The van der Waals surface area contributed by atoms with Gasteiger partial charge in [-0.1, -0.05) is 0 Å². The van der Waals surface area contributed by atoms with E-state index in [1.165, 1.54) is 0 Å². The summed E-state index contributed by atoms with van der Waals surface area (Å²) in [5.41, 5.74) is 0. The van der Waals surface area contributed by atoms with Crippen molar-refractivity contribution in [2.24, 2.45) is 11.8 Å². The van der Waals surface area contributed by atoms with E-state index in [1.807, 2.05) is 0 Å². The van der Waals surface area contributed by atoms with Gasteiger partial charge < -0.3 is 15.5 Å². The molecule has 13 heavy (non-hydrogen) atoms. The fraction of sp³-hybridized carbons (Fsp3) is 0.571. The van der Waals surface area contributed by atoms with Gasteiger partial charge >= 0.3 is 11.9 Å². The Morgan fingerprint density at radius 2 is 1.54 bits per heavy atom. The number of hydrogen-bond donors (Lipinski definition) is 3. The van der Waals surface area contributed by atoms with E-state index in [1.54, 1.807) is 0 Å². The third-order valence-electron chi connectivity index (χ3n) is 1.98. The largest absolute Gasteiger partial charge is 0.481 e. The average molecular weight is 187 g/mol. The Hall–Kier alpha value is -1.43. The summed E-state index contributed by atoms with van der Waals surface area (Å²) in [5.74, 6) is -5.73. The predicted molar refractivity (Wildman–Crippen MR) is 40.1 cm³/mol. The smallest absolute Gasteiger partial charge is 0.315 e. The van der Waals surface area contributed by atoms with Gasteiger partial charge in [-0.3, -0.25) is 14.4 Å². The zero-order chi connectivity index (χ0) is 10.0. The number of carboxylic acids is 2. The van der Waals surface area contributed by atoms with E-state index in [-0.39, 0.29) is 13.1 Å². The Balaban J connectivity index is 2.77. The zero-order valence-electron chi connectivity index (χ0n) is 6.69. The van der Waals surface area contributed by atoms with E-state index in [4.69, 9.17) is 10.2 Å². The van der Waals surface area contributed by atoms with Crippen LogP contribution in [0.4, 0.5) is 0 Å². The number of carboxylic acid groups (broad SMARTS) is 2. The van der Waals surface area contributed by atoms with Gasteiger partial charge in [-0.2, -0.15) is 0 Å². The van der Waals surface area contributed by atoms with E-state index in [9.17, 15) is 14.4 Å². The van der Waals surface area contributed by atoms with E-state index < -0.39 is 29.6 Å². The Labute approximate surface area is 73.5 Å². The van der Waals surface area contributed by atoms with Crippen molar-refractivity contribution in [2.75, 3.05) is 13.1 Å². The molecule has 1 fully saturated rings. The molecule has 1 heterocycles. The van der Waals surface area contributed by atoms with Crippen LogP contribution in [0.3, 0.4) is 0 Å². The summed E-state index contributed by atoms with van der Waals surface area (Å²) >= 11 is 0. The van der Waals surface area contributed by atoms with Gasteiger partial charge in [0.1, 0.15) is 11.8 Å². The first-order valence-electron chi connectivity index (χ1n) is 3.74. The highest BCUT2D eigenvalue weighted by Crippen LogP contribution is 2.12. The minimum atomic E-state index is -1.27. The molecule has 2 unspecified atom stereocenters. The number of hydrogen-bond acceptors (Lipinski definition) is 4. The molecule has 2 atom stereocenters. The highest BCUT2D eigenvalue weighted by Gasteiger charge is 2.39. The maximum Gasteiger partial charge on any atom is 0.315 e. The molecule has 6 nitrogen and oxygen atoms in total. The van der Waals surface area contributed by atoms with Gasteiger partial charge in [-0.25, -0.2) is 0 Å². The molecule has 1 aliphatic rings. The number of rotatable bonds is 2. The summed E-state index contributed by atoms with van der Waals surface area (Å²) in [6.07, 6.45) is 0.